The zero-order valence-corrected chi connectivity index (χ0v) is 6.52. The van der Waals surface area contributed by atoms with Gasteiger partial charge in [0.25, 0.3) is 0 Å². The predicted octanol–water partition coefficient (Wildman–Crippen LogP) is 1.99. The van der Waals surface area contributed by atoms with Crippen molar-refractivity contribution in [3.8, 4) is 0 Å². The SMILES string of the molecule is CCC1=CC=C(Cl)N=CN1. The second-order valence-electron chi connectivity index (χ2n) is 1.94. The molecule has 0 saturated heterocycles. The molecular weight excluding hydrogens is 148 g/mol. The third kappa shape index (κ3) is 1.88. The Morgan fingerprint density at radius 2 is 2.40 bits per heavy atom. The molecule has 0 radical (unpaired) electrons. The van der Waals surface area contributed by atoms with Crippen LogP contribution >= 0.6 is 11.6 Å². The van der Waals surface area contributed by atoms with Crippen molar-refractivity contribution in [3.63, 3.8) is 0 Å². The van der Waals surface area contributed by atoms with Crippen LogP contribution in [0, 0.1) is 0 Å². The van der Waals surface area contributed by atoms with Crippen LogP contribution in [-0.2, 0) is 0 Å². The van der Waals surface area contributed by atoms with Crippen molar-refractivity contribution in [1.82, 2.24) is 5.32 Å². The lowest BCUT2D eigenvalue weighted by atomic mass is 10.3. The van der Waals surface area contributed by atoms with Crippen LogP contribution in [0.15, 0.2) is 28.0 Å². The summed E-state index contributed by atoms with van der Waals surface area (Å²) in [5.74, 6) is 0. The fourth-order valence-electron chi connectivity index (χ4n) is 0.657. The second kappa shape index (κ2) is 3.42. The first kappa shape index (κ1) is 7.35. The second-order valence-corrected chi connectivity index (χ2v) is 2.32. The van der Waals surface area contributed by atoms with Gasteiger partial charge in [0.05, 0.1) is 6.34 Å². The van der Waals surface area contributed by atoms with Crippen molar-refractivity contribution in [2.75, 3.05) is 0 Å². The van der Waals surface area contributed by atoms with E-state index < -0.39 is 0 Å². The number of halogens is 1. The van der Waals surface area contributed by atoms with Gasteiger partial charge in [0.1, 0.15) is 5.16 Å². The summed E-state index contributed by atoms with van der Waals surface area (Å²) in [7, 11) is 0. The van der Waals surface area contributed by atoms with E-state index in [0.29, 0.717) is 5.16 Å². The summed E-state index contributed by atoms with van der Waals surface area (Å²) in [5, 5.41) is 3.50. The van der Waals surface area contributed by atoms with Crippen molar-refractivity contribution in [2.24, 2.45) is 4.99 Å². The summed E-state index contributed by atoms with van der Waals surface area (Å²) in [4.78, 5) is 3.86. The minimum absolute atomic E-state index is 0.510. The van der Waals surface area contributed by atoms with E-state index in [9.17, 15) is 0 Å². The van der Waals surface area contributed by atoms with Crippen molar-refractivity contribution in [3.05, 3.63) is 23.0 Å². The molecule has 0 aliphatic carbocycles. The maximum atomic E-state index is 5.62. The van der Waals surface area contributed by atoms with Crippen LogP contribution in [-0.4, -0.2) is 6.34 Å². The minimum Gasteiger partial charge on any atom is -0.350 e. The van der Waals surface area contributed by atoms with Gasteiger partial charge in [0.2, 0.25) is 0 Å². The molecule has 0 unspecified atom stereocenters. The van der Waals surface area contributed by atoms with Crippen LogP contribution in [0.25, 0.3) is 0 Å². The summed E-state index contributed by atoms with van der Waals surface area (Å²) in [6, 6.07) is 0. The van der Waals surface area contributed by atoms with Crippen LogP contribution in [0.1, 0.15) is 13.3 Å². The molecule has 0 saturated carbocycles. The molecule has 2 nitrogen and oxygen atoms in total. The molecular formula is C7H9ClN2. The molecule has 0 aromatic heterocycles. The Hall–Kier alpha value is -0.760. The molecule has 1 N–H and O–H groups in total. The van der Waals surface area contributed by atoms with Crippen LogP contribution in [0.3, 0.4) is 0 Å². The number of nitrogens with zero attached hydrogens (tertiary/aromatic N) is 1. The molecule has 3 heteroatoms. The fourth-order valence-corrected chi connectivity index (χ4v) is 0.769. The quantitative estimate of drug-likeness (QED) is 0.577. The van der Waals surface area contributed by atoms with Crippen LogP contribution < -0.4 is 5.32 Å². The Kier molecular flexibility index (Phi) is 2.51. The van der Waals surface area contributed by atoms with Crippen molar-refractivity contribution < 1.29 is 0 Å². The molecule has 1 heterocycles. The third-order valence-electron chi connectivity index (χ3n) is 1.24. The Morgan fingerprint density at radius 1 is 1.60 bits per heavy atom. The van der Waals surface area contributed by atoms with E-state index in [1.807, 2.05) is 6.08 Å². The topological polar surface area (TPSA) is 24.4 Å². The van der Waals surface area contributed by atoms with Gasteiger partial charge in [-0.3, -0.25) is 0 Å². The lowest BCUT2D eigenvalue weighted by molar-refractivity contribution is 0.994. The Labute approximate surface area is 65.3 Å². The van der Waals surface area contributed by atoms with E-state index in [4.69, 9.17) is 11.6 Å². The molecule has 1 rings (SSSR count). The molecule has 0 aromatic rings. The van der Waals surface area contributed by atoms with Gasteiger partial charge >= 0.3 is 0 Å². The maximum Gasteiger partial charge on any atom is 0.130 e. The van der Waals surface area contributed by atoms with E-state index >= 15 is 0 Å². The standard InChI is InChI=1S/C7H9ClN2/c1-2-6-3-4-7(8)10-5-9-6/h3-5H,2H2,1H3,(H,9,10). The predicted molar refractivity (Wildman–Crippen MR) is 43.9 cm³/mol. The molecule has 0 fully saturated rings. The van der Waals surface area contributed by atoms with Crippen LogP contribution in [0.5, 0.6) is 0 Å². The normalized spacial score (nSPS) is 17.0. The first-order chi connectivity index (χ1) is 4.83. The third-order valence-corrected chi connectivity index (χ3v) is 1.46. The molecule has 0 amide bonds. The highest BCUT2D eigenvalue weighted by Crippen LogP contribution is 2.06. The summed E-state index contributed by atoms with van der Waals surface area (Å²) >= 11 is 5.62. The highest BCUT2D eigenvalue weighted by Gasteiger charge is 1.93. The molecule has 54 valence electrons. The van der Waals surface area contributed by atoms with Crippen molar-refractivity contribution in [2.45, 2.75) is 13.3 Å². The zero-order valence-electron chi connectivity index (χ0n) is 5.76. The number of hydrogen-bond acceptors (Lipinski definition) is 2. The molecule has 0 bridgehead atoms. The van der Waals surface area contributed by atoms with Gasteiger partial charge < -0.3 is 5.32 Å². The number of nitrogens with one attached hydrogen (secondary N) is 1. The molecule has 0 aromatic carbocycles. The first-order valence-electron chi connectivity index (χ1n) is 3.18. The van der Waals surface area contributed by atoms with Gasteiger partial charge in [-0.05, 0) is 18.6 Å². The monoisotopic (exact) mass is 156 g/mol. The van der Waals surface area contributed by atoms with E-state index in [2.05, 4.69) is 17.2 Å². The molecule has 0 atom stereocenters. The van der Waals surface area contributed by atoms with E-state index in [-0.39, 0.29) is 0 Å². The van der Waals surface area contributed by atoms with Gasteiger partial charge in [-0.25, -0.2) is 4.99 Å². The van der Waals surface area contributed by atoms with Crippen LogP contribution in [0.2, 0.25) is 0 Å². The van der Waals surface area contributed by atoms with Gasteiger partial charge in [-0.2, -0.15) is 0 Å². The highest BCUT2D eigenvalue weighted by atomic mass is 35.5. The summed E-state index contributed by atoms with van der Waals surface area (Å²) in [6.07, 6.45) is 6.26. The number of hydrogen-bond donors (Lipinski definition) is 1. The number of aliphatic imine (C=N–C) groups is 1. The zero-order chi connectivity index (χ0) is 7.40. The largest absolute Gasteiger partial charge is 0.350 e. The van der Waals surface area contributed by atoms with Gasteiger partial charge in [-0.1, -0.05) is 18.5 Å². The van der Waals surface area contributed by atoms with Crippen molar-refractivity contribution >= 4 is 17.9 Å². The van der Waals surface area contributed by atoms with E-state index in [0.717, 1.165) is 12.1 Å². The lowest BCUT2D eigenvalue weighted by Gasteiger charge is -1.97. The van der Waals surface area contributed by atoms with Crippen LogP contribution in [0.4, 0.5) is 0 Å². The summed E-state index contributed by atoms with van der Waals surface area (Å²) in [6.45, 7) is 2.07. The number of allylic oxidation sites excluding steroid dienone is 3. The summed E-state index contributed by atoms with van der Waals surface area (Å²) < 4.78 is 0. The first-order valence-corrected chi connectivity index (χ1v) is 3.56. The molecule has 1 aliphatic heterocycles. The molecule has 1 aliphatic rings. The lowest BCUT2D eigenvalue weighted by Crippen LogP contribution is -2.08. The molecule has 0 spiro atoms. The van der Waals surface area contributed by atoms with Gasteiger partial charge in [0, 0.05) is 5.70 Å². The van der Waals surface area contributed by atoms with Gasteiger partial charge in [-0.15, -0.1) is 0 Å². The fraction of sp³-hybridized carbons (Fsp3) is 0.286. The van der Waals surface area contributed by atoms with Crippen molar-refractivity contribution in [1.29, 1.82) is 0 Å². The average molecular weight is 157 g/mol. The summed E-state index contributed by atoms with van der Waals surface area (Å²) in [5.41, 5.74) is 1.12. The average Bonchev–Trinajstić information content (AvgIpc) is 2.14. The Balaban J connectivity index is 2.74. The maximum absolute atomic E-state index is 5.62. The van der Waals surface area contributed by atoms with E-state index in [1.165, 1.54) is 0 Å². The van der Waals surface area contributed by atoms with Gasteiger partial charge in [0.15, 0.2) is 0 Å². The molecule has 10 heavy (non-hydrogen) atoms. The Bertz CT molecular complexity index is 204. The minimum atomic E-state index is 0.510. The Morgan fingerprint density at radius 3 is 3.10 bits per heavy atom. The highest BCUT2D eigenvalue weighted by molar-refractivity contribution is 6.29. The van der Waals surface area contributed by atoms with E-state index in [1.54, 1.807) is 12.4 Å². The smallest absolute Gasteiger partial charge is 0.130 e. The number of rotatable bonds is 1.